The summed E-state index contributed by atoms with van der Waals surface area (Å²) in [5.74, 6) is 1.82. The van der Waals surface area contributed by atoms with Crippen molar-refractivity contribution in [1.82, 2.24) is 20.3 Å². The van der Waals surface area contributed by atoms with Crippen LogP contribution in [0.5, 0.6) is 0 Å². The van der Waals surface area contributed by atoms with Gasteiger partial charge in [0.25, 0.3) is 5.91 Å². The van der Waals surface area contributed by atoms with Crippen LogP contribution in [0.2, 0.25) is 0 Å². The molecule has 29 heavy (non-hydrogen) atoms. The fourth-order valence-electron chi connectivity index (χ4n) is 3.31. The molecule has 1 aliphatic rings. The molecular formula is C21H23N5O3. The van der Waals surface area contributed by atoms with E-state index in [1.807, 2.05) is 36.4 Å². The highest BCUT2D eigenvalue weighted by Crippen LogP contribution is 2.19. The summed E-state index contributed by atoms with van der Waals surface area (Å²) in [6, 6.07) is 15.2. The molecule has 0 aliphatic carbocycles. The van der Waals surface area contributed by atoms with Crippen LogP contribution in [0.3, 0.4) is 0 Å². The molecule has 0 unspecified atom stereocenters. The maximum Gasteiger partial charge on any atom is 0.289 e. The summed E-state index contributed by atoms with van der Waals surface area (Å²) in [6.45, 7) is 3.12. The largest absolute Gasteiger partial charge is 0.459 e. The van der Waals surface area contributed by atoms with Crippen molar-refractivity contribution in [2.24, 2.45) is 4.99 Å². The van der Waals surface area contributed by atoms with Crippen LogP contribution >= 0.6 is 0 Å². The predicted octanol–water partition coefficient (Wildman–Crippen LogP) is 2.47. The van der Waals surface area contributed by atoms with Crippen LogP contribution in [0.15, 0.2) is 68.7 Å². The molecule has 1 N–H and O–H groups in total. The minimum Gasteiger partial charge on any atom is -0.459 e. The number of aliphatic imine (C=N–C) groups is 1. The lowest BCUT2D eigenvalue weighted by atomic mass is 10.2. The number of hydrogen-bond acceptors (Lipinski definition) is 5. The monoisotopic (exact) mass is 393 g/mol. The zero-order valence-corrected chi connectivity index (χ0v) is 16.2. The minimum atomic E-state index is -0.0753. The molecule has 1 amide bonds. The van der Waals surface area contributed by atoms with E-state index in [2.05, 4.69) is 20.4 Å². The SMILES string of the molecule is CN=C(NCc1cc(-c2ccccc2)on1)N1CCN(C(=O)c2ccco2)CC1. The second kappa shape index (κ2) is 8.64. The number of aromatic nitrogens is 1. The van der Waals surface area contributed by atoms with Gasteiger partial charge in [0.05, 0.1) is 12.8 Å². The summed E-state index contributed by atoms with van der Waals surface area (Å²) in [5.41, 5.74) is 1.80. The molecule has 1 aromatic carbocycles. The fourth-order valence-corrected chi connectivity index (χ4v) is 3.31. The Kier molecular flexibility index (Phi) is 5.60. The number of nitrogens with one attached hydrogen (secondary N) is 1. The Morgan fingerprint density at radius 1 is 1.10 bits per heavy atom. The first-order chi connectivity index (χ1) is 14.2. The Morgan fingerprint density at radius 2 is 1.86 bits per heavy atom. The molecule has 2 aromatic heterocycles. The van der Waals surface area contributed by atoms with Crippen molar-refractivity contribution in [3.05, 3.63) is 66.2 Å². The molecule has 0 spiro atoms. The number of carbonyl (C=O) groups is 1. The highest BCUT2D eigenvalue weighted by atomic mass is 16.5. The van der Waals surface area contributed by atoms with Gasteiger partial charge in [0.2, 0.25) is 0 Å². The first kappa shape index (κ1) is 18.8. The van der Waals surface area contributed by atoms with Crippen LogP contribution in [0.1, 0.15) is 16.2 Å². The van der Waals surface area contributed by atoms with E-state index in [4.69, 9.17) is 8.94 Å². The van der Waals surface area contributed by atoms with Crippen molar-refractivity contribution in [1.29, 1.82) is 0 Å². The van der Waals surface area contributed by atoms with E-state index in [0.717, 1.165) is 23.0 Å². The van der Waals surface area contributed by atoms with Gasteiger partial charge in [-0.3, -0.25) is 9.79 Å². The summed E-state index contributed by atoms with van der Waals surface area (Å²) < 4.78 is 10.7. The summed E-state index contributed by atoms with van der Waals surface area (Å²) in [5, 5.41) is 7.46. The van der Waals surface area contributed by atoms with Crippen molar-refractivity contribution in [2.75, 3.05) is 33.2 Å². The van der Waals surface area contributed by atoms with Gasteiger partial charge in [-0.15, -0.1) is 0 Å². The van der Waals surface area contributed by atoms with Gasteiger partial charge >= 0.3 is 0 Å². The van der Waals surface area contributed by atoms with Gasteiger partial charge in [0.15, 0.2) is 17.5 Å². The minimum absolute atomic E-state index is 0.0753. The van der Waals surface area contributed by atoms with Crippen molar-refractivity contribution in [3.63, 3.8) is 0 Å². The molecule has 3 aromatic rings. The first-order valence-corrected chi connectivity index (χ1v) is 9.54. The molecule has 1 aliphatic heterocycles. The van der Waals surface area contributed by atoms with Crippen LogP contribution in [0.4, 0.5) is 0 Å². The Balaban J connectivity index is 1.30. The van der Waals surface area contributed by atoms with Gasteiger partial charge in [-0.05, 0) is 12.1 Å². The highest BCUT2D eigenvalue weighted by Gasteiger charge is 2.25. The predicted molar refractivity (Wildman–Crippen MR) is 108 cm³/mol. The fraction of sp³-hybridized carbons (Fsp3) is 0.286. The molecule has 4 rings (SSSR count). The molecule has 0 atom stereocenters. The normalized spacial score (nSPS) is 14.9. The average Bonchev–Trinajstić information content (AvgIpc) is 3.47. The Hall–Kier alpha value is -3.55. The van der Waals surface area contributed by atoms with E-state index in [1.54, 1.807) is 24.1 Å². The lowest BCUT2D eigenvalue weighted by Gasteiger charge is -2.36. The first-order valence-electron chi connectivity index (χ1n) is 9.54. The third kappa shape index (κ3) is 4.31. The van der Waals surface area contributed by atoms with Gasteiger partial charge in [0, 0.05) is 44.9 Å². The van der Waals surface area contributed by atoms with E-state index in [0.29, 0.717) is 38.5 Å². The second-order valence-electron chi connectivity index (χ2n) is 6.71. The highest BCUT2D eigenvalue weighted by molar-refractivity contribution is 5.91. The molecule has 150 valence electrons. The third-order valence-corrected chi connectivity index (χ3v) is 4.86. The number of rotatable bonds is 4. The van der Waals surface area contributed by atoms with Gasteiger partial charge in [-0.2, -0.15) is 0 Å². The second-order valence-corrected chi connectivity index (χ2v) is 6.71. The molecule has 0 saturated carbocycles. The molecule has 3 heterocycles. The summed E-state index contributed by atoms with van der Waals surface area (Å²) in [4.78, 5) is 20.7. The van der Waals surface area contributed by atoms with E-state index in [-0.39, 0.29) is 5.91 Å². The quantitative estimate of drug-likeness (QED) is 0.541. The van der Waals surface area contributed by atoms with Gasteiger partial charge < -0.3 is 24.1 Å². The number of guanidine groups is 1. The summed E-state index contributed by atoms with van der Waals surface area (Å²) in [7, 11) is 1.75. The number of nitrogens with zero attached hydrogens (tertiary/aromatic N) is 4. The van der Waals surface area contributed by atoms with E-state index in [1.165, 1.54) is 6.26 Å². The van der Waals surface area contributed by atoms with Crippen LogP contribution in [-0.2, 0) is 6.54 Å². The van der Waals surface area contributed by atoms with Crippen molar-refractivity contribution in [2.45, 2.75) is 6.54 Å². The Bertz CT molecular complexity index is 957. The van der Waals surface area contributed by atoms with Gasteiger partial charge in [-0.1, -0.05) is 35.5 Å². The number of furan rings is 1. The maximum absolute atomic E-state index is 12.4. The van der Waals surface area contributed by atoms with E-state index >= 15 is 0 Å². The molecular weight excluding hydrogens is 370 g/mol. The number of carbonyl (C=O) groups excluding carboxylic acids is 1. The lowest BCUT2D eigenvalue weighted by molar-refractivity contribution is 0.0657. The van der Waals surface area contributed by atoms with Crippen LogP contribution in [0, 0.1) is 0 Å². The number of hydrogen-bond donors (Lipinski definition) is 1. The summed E-state index contributed by atoms with van der Waals surface area (Å²) in [6.07, 6.45) is 1.52. The van der Waals surface area contributed by atoms with E-state index in [9.17, 15) is 4.79 Å². The zero-order chi connectivity index (χ0) is 20.1. The molecule has 8 heteroatoms. The average molecular weight is 393 g/mol. The van der Waals surface area contributed by atoms with Crippen LogP contribution in [0.25, 0.3) is 11.3 Å². The van der Waals surface area contributed by atoms with Gasteiger partial charge in [-0.25, -0.2) is 0 Å². The third-order valence-electron chi connectivity index (χ3n) is 4.86. The van der Waals surface area contributed by atoms with Crippen molar-refractivity contribution < 1.29 is 13.7 Å². The van der Waals surface area contributed by atoms with Gasteiger partial charge in [0.1, 0.15) is 5.69 Å². The Labute approximate surface area is 168 Å². The molecule has 0 radical (unpaired) electrons. The van der Waals surface area contributed by atoms with Crippen molar-refractivity contribution in [3.8, 4) is 11.3 Å². The number of piperazine rings is 1. The van der Waals surface area contributed by atoms with Crippen LogP contribution < -0.4 is 5.32 Å². The number of benzene rings is 1. The molecule has 8 nitrogen and oxygen atoms in total. The van der Waals surface area contributed by atoms with Crippen LogP contribution in [-0.4, -0.2) is 60.0 Å². The topological polar surface area (TPSA) is 87.1 Å². The summed E-state index contributed by atoms with van der Waals surface area (Å²) >= 11 is 0. The standard InChI is InChI=1S/C21H23N5O3/c1-22-21(23-15-17-14-19(29-24-17)16-6-3-2-4-7-16)26-11-9-25(10-12-26)20(27)18-8-5-13-28-18/h2-8,13-14H,9-12,15H2,1H3,(H,22,23). The lowest BCUT2D eigenvalue weighted by Crippen LogP contribution is -2.53. The van der Waals surface area contributed by atoms with E-state index < -0.39 is 0 Å². The zero-order valence-electron chi connectivity index (χ0n) is 16.2. The Morgan fingerprint density at radius 3 is 2.55 bits per heavy atom. The number of amides is 1. The smallest absolute Gasteiger partial charge is 0.289 e. The maximum atomic E-state index is 12.4. The molecule has 0 bridgehead atoms. The molecule has 1 saturated heterocycles. The van der Waals surface area contributed by atoms with Crippen molar-refractivity contribution >= 4 is 11.9 Å². The molecule has 1 fully saturated rings.